The summed E-state index contributed by atoms with van der Waals surface area (Å²) in [5, 5.41) is 30.7. The van der Waals surface area contributed by atoms with Gasteiger partial charge in [0, 0.05) is 5.92 Å². The summed E-state index contributed by atoms with van der Waals surface area (Å²) in [5.74, 6) is 0.336. The Morgan fingerprint density at radius 3 is 2.14 bits per heavy atom. The molecule has 1 aliphatic carbocycles. The highest BCUT2D eigenvalue weighted by Crippen LogP contribution is 2.37. The summed E-state index contributed by atoms with van der Waals surface area (Å²) >= 11 is 0. The van der Waals surface area contributed by atoms with Gasteiger partial charge in [0.05, 0.1) is 24.4 Å². The van der Waals surface area contributed by atoms with Crippen molar-refractivity contribution in [3.8, 4) is 0 Å². The summed E-state index contributed by atoms with van der Waals surface area (Å²) < 4.78 is 12.0. The predicted molar refractivity (Wildman–Crippen MR) is 83.1 cm³/mol. The van der Waals surface area contributed by atoms with Crippen LogP contribution in [0.1, 0.15) is 47.5 Å². The van der Waals surface area contributed by atoms with Gasteiger partial charge in [0.25, 0.3) is 0 Å². The number of ether oxygens (including phenoxy) is 2. The van der Waals surface area contributed by atoms with Crippen LogP contribution in [-0.2, 0) is 9.47 Å². The van der Waals surface area contributed by atoms with Crippen LogP contribution in [0.4, 0.5) is 0 Å². The van der Waals surface area contributed by atoms with Gasteiger partial charge in [-0.05, 0) is 30.6 Å². The summed E-state index contributed by atoms with van der Waals surface area (Å²) in [5.41, 5.74) is 0. The van der Waals surface area contributed by atoms with Crippen LogP contribution in [0.5, 0.6) is 0 Å². The van der Waals surface area contributed by atoms with Crippen LogP contribution >= 0.6 is 0 Å². The molecule has 1 aliphatic heterocycles. The van der Waals surface area contributed by atoms with Crippen molar-refractivity contribution in [2.45, 2.75) is 84.3 Å². The van der Waals surface area contributed by atoms with Gasteiger partial charge >= 0.3 is 0 Å². The number of aliphatic hydroxyl groups is 3. The molecule has 130 valence electrons. The zero-order valence-electron chi connectivity index (χ0n) is 14.3. The Bertz CT molecular complexity index is 361. The van der Waals surface area contributed by atoms with Gasteiger partial charge in [-0.25, -0.2) is 0 Å². The first-order chi connectivity index (χ1) is 10.3. The largest absolute Gasteiger partial charge is 0.390 e. The summed E-state index contributed by atoms with van der Waals surface area (Å²) in [4.78, 5) is 0. The molecule has 10 unspecified atom stereocenters. The monoisotopic (exact) mass is 316 g/mol. The molecule has 5 heteroatoms. The van der Waals surface area contributed by atoms with Gasteiger partial charge < -0.3 is 24.8 Å². The van der Waals surface area contributed by atoms with Crippen LogP contribution in [0.25, 0.3) is 0 Å². The van der Waals surface area contributed by atoms with Gasteiger partial charge in [-0.3, -0.25) is 0 Å². The molecular formula is C17H32O5. The molecule has 3 N–H and O–H groups in total. The second kappa shape index (κ2) is 7.14. The summed E-state index contributed by atoms with van der Waals surface area (Å²) in [6.45, 7) is 9.99. The maximum absolute atomic E-state index is 10.4. The molecule has 2 rings (SSSR count). The second-order valence-electron chi connectivity index (χ2n) is 7.43. The Labute approximate surface area is 133 Å². The van der Waals surface area contributed by atoms with Crippen molar-refractivity contribution in [1.29, 1.82) is 0 Å². The molecule has 1 heterocycles. The lowest BCUT2D eigenvalue weighted by atomic mass is 9.77. The smallest absolute Gasteiger partial charge is 0.161 e. The zero-order chi connectivity index (χ0) is 16.6. The number of hydrogen-bond donors (Lipinski definition) is 3. The Balaban J connectivity index is 2.08. The van der Waals surface area contributed by atoms with Gasteiger partial charge in [-0.1, -0.05) is 34.6 Å². The van der Waals surface area contributed by atoms with E-state index in [1.54, 1.807) is 0 Å². The van der Waals surface area contributed by atoms with Crippen LogP contribution in [0.2, 0.25) is 0 Å². The van der Waals surface area contributed by atoms with Gasteiger partial charge in [-0.15, -0.1) is 0 Å². The molecule has 5 nitrogen and oxygen atoms in total. The first kappa shape index (κ1) is 18.1. The van der Waals surface area contributed by atoms with Crippen molar-refractivity contribution in [1.82, 2.24) is 0 Å². The lowest BCUT2D eigenvalue weighted by Crippen LogP contribution is -2.56. The van der Waals surface area contributed by atoms with Crippen LogP contribution < -0.4 is 0 Å². The van der Waals surface area contributed by atoms with Crippen molar-refractivity contribution >= 4 is 0 Å². The maximum Gasteiger partial charge on any atom is 0.161 e. The summed E-state index contributed by atoms with van der Waals surface area (Å²) in [7, 11) is 0. The van der Waals surface area contributed by atoms with Crippen molar-refractivity contribution in [3.05, 3.63) is 0 Å². The molecule has 0 aromatic carbocycles. The Hall–Kier alpha value is -0.200. The minimum atomic E-state index is -0.892. The van der Waals surface area contributed by atoms with E-state index in [9.17, 15) is 15.3 Å². The first-order valence-corrected chi connectivity index (χ1v) is 8.63. The fourth-order valence-corrected chi connectivity index (χ4v) is 3.86. The minimum absolute atomic E-state index is 0.0358. The van der Waals surface area contributed by atoms with E-state index in [0.29, 0.717) is 0 Å². The Morgan fingerprint density at radius 2 is 1.55 bits per heavy atom. The Kier molecular flexibility index (Phi) is 5.89. The van der Waals surface area contributed by atoms with E-state index in [4.69, 9.17) is 9.47 Å². The van der Waals surface area contributed by atoms with Crippen LogP contribution in [0, 0.1) is 23.7 Å². The van der Waals surface area contributed by atoms with E-state index in [1.165, 1.54) is 0 Å². The minimum Gasteiger partial charge on any atom is -0.390 e. The molecule has 1 saturated heterocycles. The van der Waals surface area contributed by atoms with E-state index in [-0.39, 0.29) is 29.8 Å². The second-order valence-corrected chi connectivity index (χ2v) is 7.43. The third-order valence-corrected chi connectivity index (χ3v) is 5.75. The van der Waals surface area contributed by atoms with Gasteiger partial charge in [-0.2, -0.15) is 0 Å². The van der Waals surface area contributed by atoms with Crippen molar-refractivity contribution in [2.75, 3.05) is 0 Å². The number of aliphatic hydroxyl groups excluding tert-OH is 3. The molecule has 0 aromatic rings. The molecule has 2 aliphatic rings. The highest BCUT2D eigenvalue weighted by atomic mass is 16.7. The van der Waals surface area contributed by atoms with Gasteiger partial charge in [0.2, 0.25) is 0 Å². The number of rotatable bonds is 3. The quantitative estimate of drug-likeness (QED) is 0.736. The zero-order valence-corrected chi connectivity index (χ0v) is 14.3. The Morgan fingerprint density at radius 1 is 0.909 bits per heavy atom. The molecule has 22 heavy (non-hydrogen) atoms. The van der Waals surface area contributed by atoms with E-state index < -0.39 is 30.7 Å². The van der Waals surface area contributed by atoms with Crippen LogP contribution in [-0.4, -0.2) is 52.1 Å². The standard InChI is InChI=1S/C17H32O5/c1-6-12-14(19)10(4)11(5)17(21-12)22-16-9(3)7-8(2)13(18)15(16)20/h8-20H,6-7H2,1-5H3. The maximum atomic E-state index is 10.4. The molecule has 10 atom stereocenters. The molecule has 0 spiro atoms. The molecule has 2 fully saturated rings. The third-order valence-electron chi connectivity index (χ3n) is 5.75. The lowest BCUT2D eigenvalue weighted by molar-refractivity contribution is -0.300. The molecule has 0 bridgehead atoms. The molecule has 0 amide bonds. The average Bonchev–Trinajstić information content (AvgIpc) is 2.49. The van der Waals surface area contributed by atoms with E-state index >= 15 is 0 Å². The predicted octanol–water partition coefficient (Wildman–Crippen LogP) is 1.54. The van der Waals surface area contributed by atoms with Crippen molar-refractivity contribution in [3.63, 3.8) is 0 Å². The summed E-state index contributed by atoms with van der Waals surface area (Å²) in [6.07, 6.45) is -1.72. The SMILES string of the molecule is CCC1OC(OC2C(C)CC(C)C(O)C2O)C(C)C(C)C1O. The van der Waals surface area contributed by atoms with Crippen molar-refractivity contribution < 1.29 is 24.8 Å². The molecule has 1 saturated carbocycles. The van der Waals surface area contributed by atoms with Gasteiger partial charge in [0.15, 0.2) is 6.29 Å². The topological polar surface area (TPSA) is 79.2 Å². The molecule has 0 radical (unpaired) electrons. The molecular weight excluding hydrogens is 284 g/mol. The van der Waals surface area contributed by atoms with E-state index in [1.807, 2.05) is 34.6 Å². The lowest BCUT2D eigenvalue weighted by Gasteiger charge is -2.46. The summed E-state index contributed by atoms with van der Waals surface area (Å²) in [6, 6.07) is 0. The highest BCUT2D eigenvalue weighted by Gasteiger charge is 2.46. The third kappa shape index (κ3) is 3.34. The fraction of sp³-hybridized carbons (Fsp3) is 1.00. The van der Waals surface area contributed by atoms with Gasteiger partial charge in [0.1, 0.15) is 6.10 Å². The normalized spacial score (nSPS) is 53.5. The van der Waals surface area contributed by atoms with Crippen LogP contribution in [0.15, 0.2) is 0 Å². The van der Waals surface area contributed by atoms with Crippen LogP contribution in [0.3, 0.4) is 0 Å². The first-order valence-electron chi connectivity index (χ1n) is 8.63. The highest BCUT2D eigenvalue weighted by molar-refractivity contribution is 4.92. The van der Waals surface area contributed by atoms with E-state index in [2.05, 4.69) is 0 Å². The van der Waals surface area contributed by atoms with Crippen molar-refractivity contribution in [2.24, 2.45) is 23.7 Å². The molecule has 0 aromatic heterocycles. The average molecular weight is 316 g/mol. The fourth-order valence-electron chi connectivity index (χ4n) is 3.86. The number of hydrogen-bond acceptors (Lipinski definition) is 5. The van der Waals surface area contributed by atoms with E-state index in [0.717, 1.165) is 12.8 Å².